The number of aromatic nitrogens is 1. The molecule has 0 radical (unpaired) electrons. The van der Waals surface area contributed by atoms with E-state index in [1.165, 1.54) is 28.6 Å². The number of H-pyrrole nitrogens is 1. The van der Waals surface area contributed by atoms with E-state index < -0.39 is 0 Å². The normalized spacial score (nSPS) is 18.3. The minimum Gasteiger partial charge on any atom is -0.359 e. The van der Waals surface area contributed by atoms with Gasteiger partial charge in [0.1, 0.15) is 0 Å². The summed E-state index contributed by atoms with van der Waals surface area (Å²) in [5.74, 6) is 0. The molecule has 1 aliphatic carbocycles. The van der Waals surface area contributed by atoms with Gasteiger partial charge in [0.05, 0.1) is 0 Å². The standard InChI is InChI=1S/C14H17ClN2/c1-9-5-10-6-12(15)11(7-13(10)17-9)14(8-16)3-2-4-14/h5-7,17H,2-4,8,16H2,1H3. The van der Waals surface area contributed by atoms with Gasteiger partial charge in [-0.05, 0) is 43.5 Å². The van der Waals surface area contributed by atoms with E-state index in [9.17, 15) is 0 Å². The number of aromatic amines is 1. The predicted octanol–water partition coefficient (Wildman–Crippen LogP) is 3.51. The van der Waals surface area contributed by atoms with Crippen LogP contribution in [0.3, 0.4) is 0 Å². The second-order valence-corrected chi connectivity index (χ2v) is 5.62. The Balaban J connectivity index is 2.18. The van der Waals surface area contributed by atoms with Crippen molar-refractivity contribution < 1.29 is 0 Å². The second kappa shape index (κ2) is 3.76. The van der Waals surface area contributed by atoms with Crippen molar-refractivity contribution in [2.45, 2.75) is 31.6 Å². The Labute approximate surface area is 106 Å². The van der Waals surface area contributed by atoms with Gasteiger partial charge in [-0.15, -0.1) is 0 Å². The molecule has 90 valence electrons. The summed E-state index contributed by atoms with van der Waals surface area (Å²) in [5, 5.41) is 2.05. The van der Waals surface area contributed by atoms with E-state index in [-0.39, 0.29) is 5.41 Å². The number of nitrogens with one attached hydrogen (secondary N) is 1. The van der Waals surface area contributed by atoms with Crippen molar-refractivity contribution in [1.82, 2.24) is 4.98 Å². The monoisotopic (exact) mass is 248 g/mol. The van der Waals surface area contributed by atoms with Crippen LogP contribution in [0.4, 0.5) is 0 Å². The lowest BCUT2D eigenvalue weighted by molar-refractivity contribution is 0.253. The van der Waals surface area contributed by atoms with E-state index in [4.69, 9.17) is 17.3 Å². The van der Waals surface area contributed by atoms with Crippen LogP contribution in [0.1, 0.15) is 30.5 Å². The predicted molar refractivity (Wildman–Crippen MR) is 72.6 cm³/mol. The molecule has 0 spiro atoms. The molecule has 0 bridgehead atoms. The maximum atomic E-state index is 6.42. The molecule has 1 aromatic heterocycles. The summed E-state index contributed by atoms with van der Waals surface area (Å²) in [5.41, 5.74) is 9.64. The van der Waals surface area contributed by atoms with E-state index in [0.29, 0.717) is 6.54 Å². The van der Waals surface area contributed by atoms with Gasteiger partial charge in [-0.25, -0.2) is 0 Å². The topological polar surface area (TPSA) is 41.8 Å². The number of hydrogen-bond acceptors (Lipinski definition) is 1. The maximum Gasteiger partial charge on any atom is 0.0460 e. The van der Waals surface area contributed by atoms with Crippen LogP contribution < -0.4 is 5.73 Å². The van der Waals surface area contributed by atoms with Gasteiger partial charge in [-0.3, -0.25) is 0 Å². The van der Waals surface area contributed by atoms with Gasteiger partial charge in [0.15, 0.2) is 0 Å². The van der Waals surface area contributed by atoms with Crippen LogP contribution in [-0.2, 0) is 5.41 Å². The SMILES string of the molecule is Cc1cc2cc(Cl)c(C3(CN)CCC3)cc2[nH]1. The number of fused-ring (bicyclic) bond motifs is 1. The van der Waals surface area contributed by atoms with Crippen molar-refractivity contribution in [3.8, 4) is 0 Å². The summed E-state index contributed by atoms with van der Waals surface area (Å²) in [4.78, 5) is 3.37. The molecule has 1 aromatic carbocycles. The molecule has 0 unspecified atom stereocenters. The fourth-order valence-electron chi connectivity index (χ4n) is 2.89. The zero-order valence-electron chi connectivity index (χ0n) is 10.0. The first-order valence-electron chi connectivity index (χ1n) is 6.14. The van der Waals surface area contributed by atoms with Crippen LogP contribution in [0.15, 0.2) is 18.2 Å². The molecule has 1 aliphatic rings. The molecule has 17 heavy (non-hydrogen) atoms. The van der Waals surface area contributed by atoms with Crippen molar-refractivity contribution in [3.63, 3.8) is 0 Å². The molecule has 0 atom stereocenters. The van der Waals surface area contributed by atoms with Crippen LogP contribution in [0, 0.1) is 6.92 Å². The van der Waals surface area contributed by atoms with E-state index in [1.54, 1.807) is 0 Å². The number of nitrogens with two attached hydrogens (primary N) is 1. The Morgan fingerprint density at radius 3 is 2.71 bits per heavy atom. The molecule has 3 N–H and O–H groups in total. The quantitative estimate of drug-likeness (QED) is 0.839. The van der Waals surface area contributed by atoms with Crippen molar-refractivity contribution in [3.05, 3.63) is 34.5 Å². The summed E-state index contributed by atoms with van der Waals surface area (Å²) in [6, 6.07) is 6.38. The fraction of sp³-hybridized carbons (Fsp3) is 0.429. The molecule has 1 saturated carbocycles. The molecule has 1 heterocycles. The van der Waals surface area contributed by atoms with Gasteiger partial charge in [-0.2, -0.15) is 0 Å². The Kier molecular flexibility index (Phi) is 2.46. The molecule has 0 aliphatic heterocycles. The number of aryl methyl sites for hydroxylation is 1. The second-order valence-electron chi connectivity index (χ2n) is 5.21. The fourth-order valence-corrected chi connectivity index (χ4v) is 3.26. The smallest absolute Gasteiger partial charge is 0.0460 e. The summed E-state index contributed by atoms with van der Waals surface area (Å²) < 4.78 is 0. The zero-order chi connectivity index (χ0) is 12.0. The molecular weight excluding hydrogens is 232 g/mol. The Morgan fingerprint density at radius 1 is 1.35 bits per heavy atom. The van der Waals surface area contributed by atoms with Crippen molar-refractivity contribution >= 4 is 22.5 Å². The summed E-state index contributed by atoms with van der Waals surface area (Å²) in [6.07, 6.45) is 3.58. The van der Waals surface area contributed by atoms with Gasteiger partial charge in [-0.1, -0.05) is 18.0 Å². The van der Waals surface area contributed by atoms with Crippen LogP contribution in [-0.4, -0.2) is 11.5 Å². The molecule has 2 aromatic rings. The summed E-state index contributed by atoms with van der Waals surface area (Å²) >= 11 is 6.42. The highest BCUT2D eigenvalue weighted by atomic mass is 35.5. The summed E-state index contributed by atoms with van der Waals surface area (Å²) in [7, 11) is 0. The highest BCUT2D eigenvalue weighted by molar-refractivity contribution is 6.32. The molecule has 3 rings (SSSR count). The van der Waals surface area contributed by atoms with Gasteiger partial charge >= 0.3 is 0 Å². The van der Waals surface area contributed by atoms with Crippen LogP contribution in [0.5, 0.6) is 0 Å². The van der Waals surface area contributed by atoms with Gasteiger partial charge in [0, 0.05) is 33.6 Å². The number of hydrogen-bond donors (Lipinski definition) is 2. The van der Waals surface area contributed by atoms with E-state index in [1.807, 2.05) is 0 Å². The first-order chi connectivity index (χ1) is 8.14. The molecule has 2 nitrogen and oxygen atoms in total. The van der Waals surface area contributed by atoms with E-state index in [2.05, 4.69) is 30.1 Å². The van der Waals surface area contributed by atoms with Crippen LogP contribution in [0.25, 0.3) is 10.9 Å². The third kappa shape index (κ3) is 1.59. The number of rotatable bonds is 2. The molecule has 3 heteroatoms. The van der Waals surface area contributed by atoms with E-state index >= 15 is 0 Å². The van der Waals surface area contributed by atoms with E-state index in [0.717, 1.165) is 17.9 Å². The molecule has 0 amide bonds. The molecular formula is C14H17ClN2. The van der Waals surface area contributed by atoms with Crippen molar-refractivity contribution in [2.75, 3.05) is 6.54 Å². The Hall–Kier alpha value is -0.990. The average molecular weight is 249 g/mol. The lowest BCUT2D eigenvalue weighted by Crippen LogP contribution is -2.41. The lowest BCUT2D eigenvalue weighted by atomic mass is 9.64. The van der Waals surface area contributed by atoms with Gasteiger partial charge < -0.3 is 10.7 Å². The lowest BCUT2D eigenvalue weighted by Gasteiger charge is -2.42. The third-order valence-corrected chi connectivity index (χ3v) is 4.43. The average Bonchev–Trinajstić information content (AvgIpc) is 2.57. The highest BCUT2D eigenvalue weighted by Crippen LogP contribution is 2.46. The van der Waals surface area contributed by atoms with Crippen LogP contribution in [0.2, 0.25) is 5.02 Å². The summed E-state index contributed by atoms with van der Waals surface area (Å²) in [6.45, 7) is 2.76. The molecule has 0 saturated heterocycles. The minimum absolute atomic E-state index is 0.129. The van der Waals surface area contributed by atoms with Crippen molar-refractivity contribution in [1.29, 1.82) is 0 Å². The number of benzene rings is 1. The minimum atomic E-state index is 0.129. The Morgan fingerprint density at radius 2 is 2.12 bits per heavy atom. The van der Waals surface area contributed by atoms with Crippen molar-refractivity contribution in [2.24, 2.45) is 5.73 Å². The zero-order valence-corrected chi connectivity index (χ0v) is 10.8. The maximum absolute atomic E-state index is 6.42. The van der Waals surface area contributed by atoms with Gasteiger partial charge in [0.2, 0.25) is 0 Å². The third-order valence-electron chi connectivity index (χ3n) is 4.12. The first kappa shape index (κ1) is 11.1. The first-order valence-corrected chi connectivity index (χ1v) is 6.52. The van der Waals surface area contributed by atoms with Gasteiger partial charge in [0.25, 0.3) is 0 Å². The number of halogens is 1. The highest BCUT2D eigenvalue weighted by Gasteiger charge is 2.38. The Bertz CT molecular complexity index is 561. The molecule has 1 fully saturated rings. The van der Waals surface area contributed by atoms with Crippen LogP contribution >= 0.6 is 11.6 Å². The largest absolute Gasteiger partial charge is 0.359 e.